The van der Waals surface area contributed by atoms with Crippen LogP contribution in [0, 0.1) is 0 Å². The van der Waals surface area contributed by atoms with E-state index < -0.39 is 16.5 Å². The van der Waals surface area contributed by atoms with E-state index in [1.54, 1.807) is 13.8 Å². The summed E-state index contributed by atoms with van der Waals surface area (Å²) in [6.07, 6.45) is -0.874. The Labute approximate surface area is 64.9 Å². The maximum absolute atomic E-state index is 9.07. The predicted octanol–water partition coefficient (Wildman–Crippen LogP) is 0.888. The number of nitrogens with two attached hydrogens (primary N) is 1. The van der Waals surface area contributed by atoms with E-state index in [1.807, 2.05) is 0 Å². The minimum atomic E-state index is -0.874. The number of halogens is 2. The first-order valence-corrected chi connectivity index (χ1v) is 3.48. The van der Waals surface area contributed by atoms with Crippen LogP contribution in [0.4, 0.5) is 0 Å². The Morgan fingerprint density at radius 1 is 1.44 bits per heavy atom. The lowest BCUT2D eigenvalue weighted by Crippen LogP contribution is -2.48. The van der Waals surface area contributed by atoms with E-state index in [2.05, 4.69) is 0 Å². The van der Waals surface area contributed by atoms with Crippen molar-refractivity contribution < 1.29 is 5.11 Å². The first kappa shape index (κ1) is 9.50. The molecule has 3 N–H and O–H groups in total. The molecule has 0 radical (unpaired) electrons. The summed E-state index contributed by atoms with van der Waals surface area (Å²) in [5.41, 5.74) is 4.73. The molecule has 1 atom stereocenters. The molecule has 0 aromatic carbocycles. The van der Waals surface area contributed by atoms with Crippen molar-refractivity contribution in [1.82, 2.24) is 0 Å². The summed E-state index contributed by atoms with van der Waals surface area (Å²) in [7, 11) is 0. The molecule has 0 aromatic heterocycles. The van der Waals surface area contributed by atoms with Gasteiger partial charge in [-0.05, 0) is 13.8 Å². The molecule has 0 saturated carbocycles. The number of hydrogen-bond acceptors (Lipinski definition) is 2. The lowest BCUT2D eigenvalue weighted by Gasteiger charge is -2.26. The largest absolute Gasteiger partial charge is 0.388 e. The van der Waals surface area contributed by atoms with Crippen molar-refractivity contribution in [3.8, 4) is 0 Å². The summed E-state index contributed by atoms with van der Waals surface area (Å²) < 4.78 is 0. The van der Waals surface area contributed by atoms with Gasteiger partial charge in [-0.25, -0.2) is 0 Å². The van der Waals surface area contributed by atoms with Crippen molar-refractivity contribution >= 4 is 23.2 Å². The molecule has 0 fully saturated rings. The fourth-order valence-corrected chi connectivity index (χ4v) is 0.974. The summed E-state index contributed by atoms with van der Waals surface area (Å²) in [5, 5.41) is 9.07. The normalized spacial score (nSPS) is 16.3. The fraction of sp³-hybridized carbons (Fsp3) is 1.00. The fourth-order valence-electron chi connectivity index (χ4n) is 0.325. The van der Waals surface area contributed by atoms with Crippen LogP contribution in [-0.2, 0) is 0 Å². The summed E-state index contributed by atoms with van der Waals surface area (Å²) in [6, 6.07) is 0. The van der Waals surface area contributed by atoms with Crippen molar-refractivity contribution in [1.29, 1.82) is 0 Å². The van der Waals surface area contributed by atoms with Crippen LogP contribution in [0.25, 0.3) is 0 Å². The molecule has 0 spiro atoms. The maximum atomic E-state index is 9.07. The Morgan fingerprint density at radius 3 is 1.78 bits per heavy atom. The molecule has 0 saturated heterocycles. The van der Waals surface area contributed by atoms with Crippen molar-refractivity contribution in [2.75, 3.05) is 0 Å². The number of aliphatic hydroxyl groups excluding tert-OH is 1. The third-order valence-electron chi connectivity index (χ3n) is 1.00. The monoisotopic (exact) mass is 171 g/mol. The van der Waals surface area contributed by atoms with Crippen LogP contribution in [0.1, 0.15) is 13.8 Å². The summed E-state index contributed by atoms with van der Waals surface area (Å²) in [5.74, 6) is 0. The lowest BCUT2D eigenvalue weighted by atomic mass is 10.0. The third kappa shape index (κ3) is 3.26. The van der Waals surface area contributed by atoms with Crippen LogP contribution >= 0.6 is 23.2 Å². The lowest BCUT2D eigenvalue weighted by molar-refractivity contribution is 0.116. The Bertz CT molecular complexity index is 89.4. The molecule has 0 aliphatic carbocycles. The Balaban J connectivity index is 3.88. The molecule has 0 aromatic rings. The zero-order chi connectivity index (χ0) is 7.65. The van der Waals surface area contributed by atoms with Crippen molar-refractivity contribution in [3.63, 3.8) is 0 Å². The smallest absolute Gasteiger partial charge is 0.135 e. The minimum absolute atomic E-state index is 0.728. The first-order valence-electron chi connectivity index (χ1n) is 2.61. The molecule has 4 heteroatoms. The van der Waals surface area contributed by atoms with Gasteiger partial charge in [0.05, 0.1) is 0 Å². The predicted molar refractivity (Wildman–Crippen MR) is 39.8 cm³/mol. The van der Waals surface area contributed by atoms with E-state index in [0.29, 0.717) is 0 Å². The van der Waals surface area contributed by atoms with Gasteiger partial charge in [-0.15, -0.1) is 23.2 Å². The van der Waals surface area contributed by atoms with Gasteiger partial charge in [-0.3, -0.25) is 0 Å². The van der Waals surface area contributed by atoms with Gasteiger partial charge in [-0.2, -0.15) is 0 Å². The van der Waals surface area contributed by atoms with E-state index in [0.717, 1.165) is 0 Å². The van der Waals surface area contributed by atoms with Gasteiger partial charge in [0.15, 0.2) is 0 Å². The highest BCUT2D eigenvalue weighted by Gasteiger charge is 2.27. The summed E-state index contributed by atoms with van der Waals surface area (Å²) in [6.45, 7) is 3.32. The molecular formula is C5H11Cl2NO. The van der Waals surface area contributed by atoms with Gasteiger partial charge >= 0.3 is 0 Å². The molecule has 0 bridgehead atoms. The molecule has 1 unspecified atom stereocenters. The van der Waals surface area contributed by atoms with Crippen LogP contribution in [0.5, 0.6) is 0 Å². The van der Waals surface area contributed by atoms with Crippen molar-refractivity contribution in [2.24, 2.45) is 5.73 Å². The van der Waals surface area contributed by atoms with E-state index in [9.17, 15) is 0 Å². The van der Waals surface area contributed by atoms with E-state index in [1.165, 1.54) is 0 Å². The highest BCUT2D eigenvalue weighted by molar-refractivity contribution is 6.44. The van der Waals surface area contributed by atoms with E-state index >= 15 is 0 Å². The Hall–Kier alpha value is 0.500. The molecule has 0 aliphatic heterocycles. The quantitative estimate of drug-likeness (QED) is 0.607. The average molecular weight is 172 g/mol. The average Bonchev–Trinajstić information content (AvgIpc) is 1.62. The number of rotatable bonds is 2. The number of alkyl halides is 2. The van der Waals surface area contributed by atoms with E-state index in [-0.39, 0.29) is 0 Å². The molecule has 0 aliphatic rings. The van der Waals surface area contributed by atoms with Crippen molar-refractivity contribution in [3.05, 3.63) is 0 Å². The minimum Gasteiger partial charge on any atom is -0.388 e. The van der Waals surface area contributed by atoms with E-state index in [4.69, 9.17) is 34.0 Å². The second kappa shape index (κ2) is 3.06. The van der Waals surface area contributed by atoms with Gasteiger partial charge in [0.25, 0.3) is 0 Å². The molecule has 0 heterocycles. The zero-order valence-corrected chi connectivity index (χ0v) is 6.95. The molecule has 9 heavy (non-hydrogen) atoms. The number of aliphatic hydroxyl groups is 1. The summed E-state index contributed by atoms with van der Waals surface area (Å²) >= 11 is 10.7. The highest BCUT2D eigenvalue weighted by Crippen LogP contribution is 2.16. The highest BCUT2D eigenvalue weighted by atomic mass is 35.5. The van der Waals surface area contributed by atoms with Crippen LogP contribution in [0.15, 0.2) is 0 Å². The van der Waals surface area contributed by atoms with Crippen LogP contribution < -0.4 is 5.73 Å². The second-order valence-corrected chi connectivity index (χ2v) is 3.76. The second-order valence-electron chi connectivity index (χ2n) is 2.60. The number of hydrogen-bond donors (Lipinski definition) is 2. The van der Waals surface area contributed by atoms with Gasteiger partial charge < -0.3 is 10.8 Å². The van der Waals surface area contributed by atoms with Crippen LogP contribution in [0.3, 0.4) is 0 Å². The molecular weight excluding hydrogens is 161 g/mol. The Morgan fingerprint density at radius 2 is 1.78 bits per heavy atom. The van der Waals surface area contributed by atoms with Gasteiger partial charge in [-0.1, -0.05) is 0 Å². The third-order valence-corrected chi connectivity index (χ3v) is 1.48. The van der Waals surface area contributed by atoms with Gasteiger partial charge in [0.2, 0.25) is 0 Å². The zero-order valence-electron chi connectivity index (χ0n) is 5.44. The molecule has 56 valence electrons. The molecule has 0 rings (SSSR count). The molecule has 2 nitrogen and oxygen atoms in total. The van der Waals surface area contributed by atoms with Crippen LogP contribution in [-0.4, -0.2) is 21.6 Å². The van der Waals surface area contributed by atoms with Crippen LogP contribution in [0.2, 0.25) is 0 Å². The summed E-state index contributed by atoms with van der Waals surface area (Å²) in [4.78, 5) is -0.815. The maximum Gasteiger partial charge on any atom is 0.135 e. The van der Waals surface area contributed by atoms with Gasteiger partial charge in [0, 0.05) is 5.54 Å². The standard InChI is InChI=1S/C5H11Cl2NO/c1-5(2,8)3(9)4(6)7/h3-4,9H,8H2,1-2H3. The topological polar surface area (TPSA) is 46.2 Å². The first-order chi connectivity index (χ1) is 3.85. The van der Waals surface area contributed by atoms with Crippen molar-refractivity contribution in [2.45, 2.75) is 30.3 Å². The molecule has 0 amide bonds. The SMILES string of the molecule is CC(C)(N)C(O)C(Cl)Cl. The van der Waals surface area contributed by atoms with Gasteiger partial charge in [0.1, 0.15) is 10.9 Å². The Kier molecular flexibility index (Phi) is 3.23.